The van der Waals surface area contributed by atoms with Gasteiger partial charge >= 0.3 is 0 Å². The fourth-order valence-electron chi connectivity index (χ4n) is 1.41. The average molecular weight is 261 g/mol. The second kappa shape index (κ2) is 6.24. The quantitative estimate of drug-likeness (QED) is 0.752. The summed E-state index contributed by atoms with van der Waals surface area (Å²) < 4.78 is 4.94. The Labute approximate surface area is 106 Å². The smallest absolute Gasteiger partial charge is 0.165 e. The molecule has 0 radical (unpaired) electrons. The first-order valence-electron chi connectivity index (χ1n) is 5.04. The van der Waals surface area contributed by atoms with E-state index >= 15 is 0 Å². The van der Waals surface area contributed by atoms with Crippen LogP contribution in [0.4, 0.5) is 0 Å². The van der Waals surface area contributed by atoms with Crippen molar-refractivity contribution in [3.8, 4) is 0 Å². The lowest BCUT2D eigenvalue weighted by Crippen LogP contribution is -2.13. The van der Waals surface area contributed by atoms with Crippen LogP contribution in [0.5, 0.6) is 0 Å². The number of ether oxygens (including phenoxy) is 1. The summed E-state index contributed by atoms with van der Waals surface area (Å²) in [7, 11) is 1.62. The molecule has 1 rings (SSSR count). The molecule has 0 amide bonds. The molecule has 0 aliphatic rings. The minimum absolute atomic E-state index is 0.0430. The molecule has 0 bridgehead atoms. The van der Waals surface area contributed by atoms with Gasteiger partial charge in [-0.25, -0.2) is 0 Å². The van der Waals surface area contributed by atoms with Gasteiger partial charge in [0.15, 0.2) is 5.78 Å². The van der Waals surface area contributed by atoms with Crippen molar-refractivity contribution in [2.24, 2.45) is 5.92 Å². The number of Topliss-reactive ketones (excluding diaryl/α,β-unsaturated/α-hetero) is 1. The zero-order valence-corrected chi connectivity index (χ0v) is 10.8. The van der Waals surface area contributed by atoms with Gasteiger partial charge in [-0.3, -0.25) is 4.79 Å². The van der Waals surface area contributed by atoms with Crippen LogP contribution in [0.2, 0.25) is 10.0 Å². The first-order valence-corrected chi connectivity index (χ1v) is 5.79. The summed E-state index contributed by atoms with van der Waals surface area (Å²) in [5.74, 6) is -0.0454. The van der Waals surface area contributed by atoms with Gasteiger partial charge in [0.2, 0.25) is 0 Å². The third kappa shape index (κ3) is 3.78. The lowest BCUT2D eigenvalue weighted by Gasteiger charge is -2.10. The second-order valence-electron chi connectivity index (χ2n) is 3.70. The van der Waals surface area contributed by atoms with Gasteiger partial charge in [0, 0.05) is 35.2 Å². The van der Waals surface area contributed by atoms with Crippen molar-refractivity contribution in [1.82, 2.24) is 0 Å². The summed E-state index contributed by atoms with van der Waals surface area (Å²) in [4.78, 5) is 12.0. The zero-order valence-electron chi connectivity index (χ0n) is 9.30. The molecule has 4 heteroatoms. The van der Waals surface area contributed by atoms with E-state index in [1.165, 1.54) is 0 Å². The fourth-order valence-corrected chi connectivity index (χ4v) is 1.93. The fraction of sp³-hybridized carbons (Fsp3) is 0.417. The summed E-state index contributed by atoms with van der Waals surface area (Å²) in [5, 5.41) is 0.963. The van der Waals surface area contributed by atoms with E-state index in [0.29, 0.717) is 28.6 Å². The van der Waals surface area contributed by atoms with Gasteiger partial charge in [0.1, 0.15) is 0 Å². The number of hydrogen-bond donors (Lipinski definition) is 0. The number of hydrogen-bond acceptors (Lipinski definition) is 2. The van der Waals surface area contributed by atoms with Gasteiger partial charge in [0.05, 0.1) is 0 Å². The third-order valence-corrected chi connectivity index (χ3v) is 2.79. The Morgan fingerprint density at radius 1 is 1.31 bits per heavy atom. The molecule has 0 aliphatic carbocycles. The molecule has 0 spiro atoms. The lowest BCUT2D eigenvalue weighted by molar-refractivity contribution is 0.0893. The van der Waals surface area contributed by atoms with Gasteiger partial charge < -0.3 is 4.74 Å². The average Bonchev–Trinajstić information content (AvgIpc) is 2.23. The molecule has 16 heavy (non-hydrogen) atoms. The van der Waals surface area contributed by atoms with E-state index < -0.39 is 0 Å². The molecule has 1 unspecified atom stereocenters. The SMILES string of the molecule is COCCC(C)C(=O)c1cc(Cl)cc(Cl)c1. The Morgan fingerprint density at radius 3 is 2.38 bits per heavy atom. The molecular formula is C12H14Cl2O2. The highest BCUT2D eigenvalue weighted by atomic mass is 35.5. The van der Waals surface area contributed by atoms with E-state index in [1.54, 1.807) is 25.3 Å². The maximum absolute atomic E-state index is 12.0. The predicted molar refractivity (Wildman–Crippen MR) is 66.4 cm³/mol. The Bertz CT molecular complexity index is 357. The molecule has 0 fully saturated rings. The molecule has 0 saturated carbocycles. The van der Waals surface area contributed by atoms with Crippen LogP contribution in [0, 0.1) is 5.92 Å². The van der Waals surface area contributed by atoms with Crippen LogP contribution < -0.4 is 0 Å². The first-order chi connectivity index (χ1) is 7.54. The highest BCUT2D eigenvalue weighted by Gasteiger charge is 2.15. The zero-order chi connectivity index (χ0) is 12.1. The number of carbonyl (C=O) groups is 1. The Morgan fingerprint density at radius 2 is 1.88 bits per heavy atom. The van der Waals surface area contributed by atoms with Crippen molar-refractivity contribution in [3.05, 3.63) is 33.8 Å². The first kappa shape index (κ1) is 13.5. The van der Waals surface area contributed by atoms with Crippen molar-refractivity contribution in [2.45, 2.75) is 13.3 Å². The van der Waals surface area contributed by atoms with Crippen molar-refractivity contribution < 1.29 is 9.53 Å². The number of rotatable bonds is 5. The summed E-state index contributed by atoms with van der Waals surface area (Å²) in [6.45, 7) is 2.44. The summed E-state index contributed by atoms with van der Waals surface area (Å²) >= 11 is 11.7. The number of halogens is 2. The van der Waals surface area contributed by atoms with Crippen LogP contribution in [0.15, 0.2) is 18.2 Å². The van der Waals surface area contributed by atoms with Crippen LogP contribution in [-0.4, -0.2) is 19.5 Å². The van der Waals surface area contributed by atoms with Crippen LogP contribution in [0.1, 0.15) is 23.7 Å². The summed E-state index contributed by atoms with van der Waals surface area (Å²) in [5.41, 5.74) is 0.557. The number of ketones is 1. The molecule has 1 aromatic carbocycles. The number of carbonyl (C=O) groups excluding carboxylic acids is 1. The molecule has 2 nitrogen and oxygen atoms in total. The van der Waals surface area contributed by atoms with E-state index in [1.807, 2.05) is 6.92 Å². The molecule has 1 aromatic rings. The van der Waals surface area contributed by atoms with Crippen LogP contribution in [-0.2, 0) is 4.74 Å². The molecule has 0 heterocycles. The third-order valence-electron chi connectivity index (χ3n) is 2.35. The van der Waals surface area contributed by atoms with Gasteiger partial charge in [-0.2, -0.15) is 0 Å². The minimum Gasteiger partial charge on any atom is -0.385 e. The van der Waals surface area contributed by atoms with Crippen LogP contribution in [0.25, 0.3) is 0 Å². The van der Waals surface area contributed by atoms with Crippen LogP contribution in [0.3, 0.4) is 0 Å². The highest BCUT2D eigenvalue weighted by Crippen LogP contribution is 2.22. The topological polar surface area (TPSA) is 26.3 Å². The van der Waals surface area contributed by atoms with E-state index in [0.717, 1.165) is 0 Å². The van der Waals surface area contributed by atoms with Gasteiger partial charge in [0.25, 0.3) is 0 Å². The van der Waals surface area contributed by atoms with E-state index in [-0.39, 0.29) is 11.7 Å². The largest absolute Gasteiger partial charge is 0.385 e. The van der Waals surface area contributed by atoms with Gasteiger partial charge in [-0.15, -0.1) is 0 Å². The highest BCUT2D eigenvalue weighted by molar-refractivity contribution is 6.35. The Balaban J connectivity index is 2.79. The standard InChI is InChI=1S/C12H14Cl2O2/c1-8(3-4-16-2)12(15)9-5-10(13)7-11(14)6-9/h5-8H,3-4H2,1-2H3. The molecule has 0 aliphatic heterocycles. The summed E-state index contributed by atoms with van der Waals surface area (Å²) in [6.07, 6.45) is 0.694. The van der Waals surface area contributed by atoms with Crippen molar-refractivity contribution >= 4 is 29.0 Å². The van der Waals surface area contributed by atoms with Crippen molar-refractivity contribution in [1.29, 1.82) is 0 Å². The minimum atomic E-state index is -0.0884. The Kier molecular flexibility index (Phi) is 5.26. The molecule has 88 valence electrons. The van der Waals surface area contributed by atoms with Gasteiger partial charge in [-0.05, 0) is 24.6 Å². The molecule has 0 N–H and O–H groups in total. The molecular weight excluding hydrogens is 247 g/mol. The number of methoxy groups -OCH3 is 1. The monoisotopic (exact) mass is 260 g/mol. The van der Waals surface area contributed by atoms with Gasteiger partial charge in [-0.1, -0.05) is 30.1 Å². The second-order valence-corrected chi connectivity index (χ2v) is 4.58. The van der Waals surface area contributed by atoms with E-state index in [9.17, 15) is 4.79 Å². The lowest BCUT2D eigenvalue weighted by atomic mass is 9.97. The van der Waals surface area contributed by atoms with E-state index in [2.05, 4.69) is 0 Å². The Hall–Kier alpha value is -0.570. The maximum Gasteiger partial charge on any atom is 0.165 e. The summed E-state index contributed by atoms with van der Waals surface area (Å²) in [6, 6.07) is 4.89. The molecule has 1 atom stereocenters. The molecule has 0 saturated heterocycles. The normalized spacial score (nSPS) is 12.5. The number of benzene rings is 1. The maximum atomic E-state index is 12.0. The van der Waals surface area contributed by atoms with Crippen molar-refractivity contribution in [2.75, 3.05) is 13.7 Å². The predicted octanol–water partition coefficient (Wildman–Crippen LogP) is 3.85. The van der Waals surface area contributed by atoms with E-state index in [4.69, 9.17) is 27.9 Å². The van der Waals surface area contributed by atoms with Crippen molar-refractivity contribution in [3.63, 3.8) is 0 Å². The van der Waals surface area contributed by atoms with Crippen LogP contribution >= 0.6 is 23.2 Å². The molecule has 0 aromatic heterocycles.